The zero-order valence-electron chi connectivity index (χ0n) is 10.9. The lowest BCUT2D eigenvalue weighted by Gasteiger charge is -2.04. The van der Waals surface area contributed by atoms with Crippen LogP contribution in [0.2, 0.25) is 0 Å². The van der Waals surface area contributed by atoms with Crippen LogP contribution in [-0.2, 0) is 13.0 Å². The van der Waals surface area contributed by atoms with Crippen molar-refractivity contribution in [2.24, 2.45) is 0 Å². The molecule has 2 aromatic rings. The quantitative estimate of drug-likeness (QED) is 0.877. The number of aromatic nitrogens is 2. The molecule has 0 bridgehead atoms. The Balaban J connectivity index is 1.96. The van der Waals surface area contributed by atoms with E-state index in [1.54, 1.807) is 30.6 Å². The van der Waals surface area contributed by atoms with Gasteiger partial charge in [0.15, 0.2) is 0 Å². The van der Waals surface area contributed by atoms with E-state index in [2.05, 4.69) is 27.5 Å². The number of anilines is 1. The minimum absolute atomic E-state index is 0.189. The highest BCUT2D eigenvalue weighted by Gasteiger charge is 2.08. The highest BCUT2D eigenvalue weighted by molar-refractivity contribution is 7.11. The SMILES string of the molecule is CCc1cnc(CNC(=O)c2cc(NC)ccn2)s1. The maximum Gasteiger partial charge on any atom is 0.270 e. The number of carbonyl (C=O) groups is 1. The summed E-state index contributed by atoms with van der Waals surface area (Å²) in [7, 11) is 1.80. The van der Waals surface area contributed by atoms with E-state index in [1.807, 2.05) is 12.3 Å². The van der Waals surface area contributed by atoms with Gasteiger partial charge in [0.1, 0.15) is 10.7 Å². The number of thiazole rings is 1. The monoisotopic (exact) mass is 276 g/mol. The first-order valence-electron chi connectivity index (χ1n) is 6.08. The van der Waals surface area contributed by atoms with E-state index in [0.29, 0.717) is 12.2 Å². The summed E-state index contributed by atoms with van der Waals surface area (Å²) < 4.78 is 0. The molecule has 0 saturated carbocycles. The molecule has 1 amide bonds. The number of hydrogen-bond acceptors (Lipinski definition) is 5. The van der Waals surface area contributed by atoms with Crippen LogP contribution in [0.1, 0.15) is 27.3 Å². The van der Waals surface area contributed by atoms with Gasteiger partial charge in [0.25, 0.3) is 5.91 Å². The van der Waals surface area contributed by atoms with Crippen molar-refractivity contribution in [1.29, 1.82) is 0 Å². The van der Waals surface area contributed by atoms with Crippen LogP contribution in [0.25, 0.3) is 0 Å². The number of nitrogens with zero attached hydrogens (tertiary/aromatic N) is 2. The molecule has 2 aromatic heterocycles. The summed E-state index contributed by atoms with van der Waals surface area (Å²) in [4.78, 5) is 21.5. The molecule has 0 radical (unpaired) electrons. The first-order chi connectivity index (χ1) is 9.22. The standard InChI is InChI=1S/C13H16N4OS/c1-3-10-7-16-12(19-10)8-17-13(18)11-6-9(14-2)4-5-15-11/h4-7H,3,8H2,1-2H3,(H,14,15)(H,17,18). The zero-order valence-corrected chi connectivity index (χ0v) is 11.8. The van der Waals surface area contributed by atoms with Crippen LogP contribution in [0, 0.1) is 0 Å². The molecule has 2 rings (SSSR count). The Kier molecular flexibility index (Phi) is 4.46. The fourth-order valence-electron chi connectivity index (χ4n) is 1.55. The van der Waals surface area contributed by atoms with Crippen molar-refractivity contribution in [3.8, 4) is 0 Å². The smallest absolute Gasteiger partial charge is 0.270 e. The van der Waals surface area contributed by atoms with Crippen molar-refractivity contribution < 1.29 is 4.79 Å². The van der Waals surface area contributed by atoms with E-state index in [-0.39, 0.29) is 5.91 Å². The maximum atomic E-state index is 11.9. The second-order valence-electron chi connectivity index (χ2n) is 3.94. The summed E-state index contributed by atoms with van der Waals surface area (Å²) in [6.45, 7) is 2.53. The molecule has 2 heterocycles. The number of amides is 1. The lowest BCUT2D eigenvalue weighted by molar-refractivity contribution is 0.0946. The van der Waals surface area contributed by atoms with Gasteiger partial charge in [-0.2, -0.15) is 0 Å². The van der Waals surface area contributed by atoms with Gasteiger partial charge in [-0.05, 0) is 18.6 Å². The second kappa shape index (κ2) is 6.29. The van der Waals surface area contributed by atoms with E-state index in [0.717, 1.165) is 17.1 Å². The molecule has 0 spiro atoms. The average molecular weight is 276 g/mol. The summed E-state index contributed by atoms with van der Waals surface area (Å²) in [5.74, 6) is -0.189. The Morgan fingerprint density at radius 3 is 2.95 bits per heavy atom. The predicted octanol–water partition coefficient (Wildman–Crippen LogP) is 2.07. The topological polar surface area (TPSA) is 66.9 Å². The van der Waals surface area contributed by atoms with Crippen molar-refractivity contribution in [2.45, 2.75) is 19.9 Å². The van der Waals surface area contributed by atoms with E-state index < -0.39 is 0 Å². The number of carbonyl (C=O) groups excluding carboxylic acids is 1. The number of aryl methyl sites for hydroxylation is 1. The van der Waals surface area contributed by atoms with Gasteiger partial charge in [-0.15, -0.1) is 11.3 Å². The Hall–Kier alpha value is -1.95. The van der Waals surface area contributed by atoms with Crippen LogP contribution in [0.4, 0.5) is 5.69 Å². The zero-order chi connectivity index (χ0) is 13.7. The highest BCUT2D eigenvalue weighted by Crippen LogP contribution is 2.13. The van der Waals surface area contributed by atoms with Gasteiger partial charge < -0.3 is 10.6 Å². The minimum atomic E-state index is -0.189. The van der Waals surface area contributed by atoms with Gasteiger partial charge in [0.05, 0.1) is 6.54 Å². The van der Waals surface area contributed by atoms with E-state index in [1.165, 1.54) is 4.88 Å². The number of pyridine rings is 1. The highest BCUT2D eigenvalue weighted by atomic mass is 32.1. The van der Waals surface area contributed by atoms with Crippen molar-refractivity contribution in [3.63, 3.8) is 0 Å². The summed E-state index contributed by atoms with van der Waals surface area (Å²) in [5, 5.41) is 6.71. The average Bonchev–Trinajstić information content (AvgIpc) is 2.93. The van der Waals surface area contributed by atoms with Crippen molar-refractivity contribution in [2.75, 3.05) is 12.4 Å². The molecule has 0 fully saturated rings. The first-order valence-corrected chi connectivity index (χ1v) is 6.90. The molecule has 0 aliphatic heterocycles. The van der Waals surface area contributed by atoms with Gasteiger partial charge in [-0.25, -0.2) is 4.98 Å². The summed E-state index contributed by atoms with van der Waals surface area (Å²) in [6.07, 6.45) is 4.43. The Labute approximate surface area is 116 Å². The predicted molar refractivity (Wildman–Crippen MR) is 76.4 cm³/mol. The van der Waals surface area contributed by atoms with Crippen LogP contribution in [-0.4, -0.2) is 22.9 Å². The second-order valence-corrected chi connectivity index (χ2v) is 5.14. The van der Waals surface area contributed by atoms with Crippen LogP contribution < -0.4 is 10.6 Å². The molecule has 0 aromatic carbocycles. The van der Waals surface area contributed by atoms with Gasteiger partial charge in [0, 0.05) is 30.0 Å². The summed E-state index contributed by atoms with van der Waals surface area (Å²) in [6, 6.07) is 3.53. The van der Waals surface area contributed by atoms with Gasteiger partial charge in [-0.1, -0.05) is 6.92 Å². The molecule has 19 heavy (non-hydrogen) atoms. The third kappa shape index (κ3) is 3.51. The molecule has 2 N–H and O–H groups in total. The lowest BCUT2D eigenvalue weighted by atomic mass is 10.3. The third-order valence-electron chi connectivity index (χ3n) is 2.63. The Morgan fingerprint density at radius 1 is 1.42 bits per heavy atom. The summed E-state index contributed by atoms with van der Waals surface area (Å²) >= 11 is 1.62. The molecule has 6 heteroatoms. The third-order valence-corrected chi connectivity index (χ3v) is 3.77. The number of rotatable bonds is 5. The molecule has 0 atom stereocenters. The van der Waals surface area contributed by atoms with Crippen molar-refractivity contribution in [3.05, 3.63) is 40.1 Å². The fraction of sp³-hybridized carbons (Fsp3) is 0.308. The molecular formula is C13H16N4OS. The van der Waals surface area contributed by atoms with Crippen molar-refractivity contribution in [1.82, 2.24) is 15.3 Å². The number of nitrogens with one attached hydrogen (secondary N) is 2. The van der Waals surface area contributed by atoms with Gasteiger partial charge in [0.2, 0.25) is 0 Å². The van der Waals surface area contributed by atoms with Crippen molar-refractivity contribution >= 4 is 22.9 Å². The Morgan fingerprint density at radius 2 is 2.26 bits per heavy atom. The van der Waals surface area contributed by atoms with Crippen LogP contribution in [0.3, 0.4) is 0 Å². The fourth-order valence-corrected chi connectivity index (χ4v) is 2.35. The first kappa shape index (κ1) is 13.5. The summed E-state index contributed by atoms with van der Waals surface area (Å²) in [5.41, 5.74) is 1.27. The van der Waals surface area contributed by atoms with Gasteiger partial charge >= 0.3 is 0 Å². The molecule has 0 unspecified atom stereocenters. The normalized spacial score (nSPS) is 10.2. The van der Waals surface area contributed by atoms with E-state index >= 15 is 0 Å². The molecular weight excluding hydrogens is 260 g/mol. The van der Waals surface area contributed by atoms with E-state index in [9.17, 15) is 4.79 Å². The molecule has 0 saturated heterocycles. The minimum Gasteiger partial charge on any atom is -0.388 e. The largest absolute Gasteiger partial charge is 0.388 e. The Bertz CT molecular complexity index is 567. The molecule has 100 valence electrons. The van der Waals surface area contributed by atoms with Crippen LogP contribution in [0.15, 0.2) is 24.5 Å². The molecule has 0 aliphatic rings. The number of hydrogen-bond donors (Lipinski definition) is 2. The molecule has 5 nitrogen and oxygen atoms in total. The van der Waals surface area contributed by atoms with Crippen LogP contribution >= 0.6 is 11.3 Å². The molecule has 0 aliphatic carbocycles. The van der Waals surface area contributed by atoms with Gasteiger partial charge in [-0.3, -0.25) is 9.78 Å². The van der Waals surface area contributed by atoms with E-state index in [4.69, 9.17) is 0 Å². The maximum absolute atomic E-state index is 11.9. The lowest BCUT2D eigenvalue weighted by Crippen LogP contribution is -2.23. The van der Waals surface area contributed by atoms with Crippen LogP contribution in [0.5, 0.6) is 0 Å².